The van der Waals surface area contributed by atoms with Crippen LogP contribution >= 0.6 is 11.3 Å². The van der Waals surface area contributed by atoms with Gasteiger partial charge in [0.05, 0.1) is 24.9 Å². The molecule has 0 atom stereocenters. The van der Waals surface area contributed by atoms with E-state index in [9.17, 15) is 4.79 Å². The SMILES string of the molecule is C=CCN1CCc2cc(C=NNc3nc(CC(=O)OCC)cs3)ccc21. The van der Waals surface area contributed by atoms with Gasteiger partial charge < -0.3 is 9.64 Å². The van der Waals surface area contributed by atoms with Gasteiger partial charge in [0.25, 0.3) is 0 Å². The summed E-state index contributed by atoms with van der Waals surface area (Å²) in [5.74, 6) is -0.267. The van der Waals surface area contributed by atoms with Crippen LogP contribution in [0.2, 0.25) is 0 Å². The molecule has 2 heterocycles. The van der Waals surface area contributed by atoms with E-state index in [0.29, 0.717) is 17.4 Å². The summed E-state index contributed by atoms with van der Waals surface area (Å²) in [5.41, 5.74) is 7.26. The Balaban J connectivity index is 1.57. The highest BCUT2D eigenvalue weighted by molar-refractivity contribution is 7.13. The first-order valence-electron chi connectivity index (χ1n) is 8.57. The zero-order valence-corrected chi connectivity index (χ0v) is 15.6. The summed E-state index contributed by atoms with van der Waals surface area (Å²) in [7, 11) is 0. The Labute approximate surface area is 157 Å². The quantitative estimate of drug-likeness (QED) is 0.334. The zero-order chi connectivity index (χ0) is 18.4. The van der Waals surface area contributed by atoms with Crippen molar-refractivity contribution >= 4 is 34.3 Å². The Morgan fingerprint density at radius 3 is 3.23 bits per heavy atom. The van der Waals surface area contributed by atoms with Crippen LogP contribution in [0.15, 0.2) is 41.3 Å². The number of carbonyl (C=O) groups excluding carboxylic acids is 1. The van der Waals surface area contributed by atoms with Crippen LogP contribution in [0.3, 0.4) is 0 Å². The largest absolute Gasteiger partial charge is 0.466 e. The first-order valence-corrected chi connectivity index (χ1v) is 9.45. The van der Waals surface area contributed by atoms with E-state index < -0.39 is 0 Å². The van der Waals surface area contributed by atoms with Gasteiger partial charge in [0.1, 0.15) is 0 Å². The topological polar surface area (TPSA) is 66.8 Å². The number of hydrazone groups is 1. The van der Waals surface area contributed by atoms with Gasteiger partial charge >= 0.3 is 5.97 Å². The van der Waals surface area contributed by atoms with Crippen molar-refractivity contribution in [3.05, 3.63) is 53.1 Å². The number of nitrogens with zero attached hydrogens (tertiary/aromatic N) is 3. The maximum atomic E-state index is 11.5. The van der Waals surface area contributed by atoms with E-state index in [1.165, 1.54) is 22.6 Å². The lowest BCUT2D eigenvalue weighted by Crippen LogP contribution is -2.19. The fraction of sp³-hybridized carbons (Fsp3) is 0.316. The molecule has 0 unspecified atom stereocenters. The smallest absolute Gasteiger partial charge is 0.311 e. The molecule has 0 radical (unpaired) electrons. The Kier molecular flexibility index (Phi) is 6.01. The molecular formula is C19H22N4O2S. The number of carbonyl (C=O) groups is 1. The minimum Gasteiger partial charge on any atom is -0.466 e. The van der Waals surface area contributed by atoms with Crippen LogP contribution in [0.25, 0.3) is 0 Å². The van der Waals surface area contributed by atoms with Crippen LogP contribution in [-0.2, 0) is 22.4 Å². The van der Waals surface area contributed by atoms with Gasteiger partial charge in [-0.2, -0.15) is 5.10 Å². The van der Waals surface area contributed by atoms with Crippen molar-refractivity contribution in [3.8, 4) is 0 Å². The normalized spacial score (nSPS) is 13.0. The third-order valence-corrected chi connectivity index (χ3v) is 4.80. The number of rotatable bonds is 8. The van der Waals surface area contributed by atoms with Crippen molar-refractivity contribution in [2.75, 3.05) is 30.0 Å². The molecule has 2 aromatic rings. The molecule has 1 aromatic carbocycles. The van der Waals surface area contributed by atoms with Gasteiger partial charge in [0, 0.05) is 24.2 Å². The lowest BCUT2D eigenvalue weighted by atomic mass is 10.1. The number of anilines is 2. The molecule has 0 bridgehead atoms. The van der Waals surface area contributed by atoms with Gasteiger partial charge in [-0.05, 0) is 36.6 Å². The number of hydrogen-bond acceptors (Lipinski definition) is 7. The van der Waals surface area contributed by atoms with Crippen molar-refractivity contribution < 1.29 is 9.53 Å². The number of nitrogens with one attached hydrogen (secondary N) is 1. The Hall–Kier alpha value is -2.67. The summed E-state index contributed by atoms with van der Waals surface area (Å²) in [4.78, 5) is 18.1. The van der Waals surface area contributed by atoms with Crippen LogP contribution < -0.4 is 10.3 Å². The third-order valence-electron chi connectivity index (χ3n) is 4.00. The summed E-state index contributed by atoms with van der Waals surface area (Å²) < 4.78 is 4.92. The van der Waals surface area contributed by atoms with Crippen molar-refractivity contribution in [2.24, 2.45) is 5.10 Å². The molecule has 0 aliphatic carbocycles. The number of ether oxygens (including phenoxy) is 1. The number of hydrogen-bond donors (Lipinski definition) is 1. The summed E-state index contributed by atoms with van der Waals surface area (Å²) in [6, 6.07) is 6.35. The predicted molar refractivity (Wildman–Crippen MR) is 106 cm³/mol. The first kappa shape index (κ1) is 18.1. The molecule has 0 amide bonds. The Morgan fingerprint density at radius 2 is 2.42 bits per heavy atom. The molecule has 0 saturated heterocycles. The molecule has 136 valence electrons. The zero-order valence-electron chi connectivity index (χ0n) is 14.8. The summed E-state index contributed by atoms with van der Waals surface area (Å²) in [6.07, 6.45) is 4.94. The fourth-order valence-electron chi connectivity index (χ4n) is 2.88. The highest BCUT2D eigenvalue weighted by Crippen LogP contribution is 2.28. The van der Waals surface area contributed by atoms with Gasteiger partial charge in [-0.15, -0.1) is 17.9 Å². The van der Waals surface area contributed by atoms with Gasteiger partial charge in [-0.3, -0.25) is 10.2 Å². The van der Waals surface area contributed by atoms with Crippen molar-refractivity contribution in [1.82, 2.24) is 4.98 Å². The molecule has 7 heteroatoms. The van der Waals surface area contributed by atoms with Crippen LogP contribution in [0.1, 0.15) is 23.7 Å². The van der Waals surface area contributed by atoms with Crippen LogP contribution in [0.5, 0.6) is 0 Å². The molecule has 1 aliphatic heterocycles. The van der Waals surface area contributed by atoms with Gasteiger partial charge in [0.2, 0.25) is 5.13 Å². The summed E-state index contributed by atoms with van der Waals surface area (Å²) in [6.45, 7) is 7.88. The predicted octanol–water partition coefficient (Wildman–Crippen LogP) is 3.24. The minimum atomic E-state index is -0.267. The van der Waals surface area contributed by atoms with E-state index in [-0.39, 0.29) is 12.4 Å². The molecule has 1 N–H and O–H groups in total. The molecule has 3 rings (SSSR count). The number of thiazole rings is 1. The van der Waals surface area contributed by atoms with Crippen LogP contribution in [0, 0.1) is 0 Å². The van der Waals surface area contributed by atoms with Crippen molar-refractivity contribution in [1.29, 1.82) is 0 Å². The molecule has 1 aliphatic rings. The fourth-order valence-corrected chi connectivity index (χ4v) is 3.54. The Bertz CT molecular complexity index is 816. The standard InChI is InChI=1S/C19H22N4O2S/c1-3-8-23-9-7-15-10-14(5-6-17(15)23)12-20-22-19-21-16(13-26-19)11-18(24)25-4-2/h3,5-6,10,12-13H,1,4,7-9,11H2,2H3,(H,21,22). The molecule has 0 saturated carbocycles. The van der Waals surface area contributed by atoms with Crippen molar-refractivity contribution in [2.45, 2.75) is 19.8 Å². The molecule has 1 aromatic heterocycles. The molecule has 0 spiro atoms. The second-order valence-corrected chi connectivity index (χ2v) is 6.73. The van der Waals surface area contributed by atoms with Gasteiger partial charge in [-0.25, -0.2) is 4.98 Å². The van der Waals surface area contributed by atoms with Crippen LogP contribution in [-0.4, -0.2) is 36.9 Å². The van der Waals surface area contributed by atoms with Crippen LogP contribution in [0.4, 0.5) is 10.8 Å². The highest BCUT2D eigenvalue weighted by Gasteiger charge is 2.17. The number of benzene rings is 1. The highest BCUT2D eigenvalue weighted by atomic mass is 32.1. The second-order valence-electron chi connectivity index (χ2n) is 5.87. The average molecular weight is 370 g/mol. The maximum Gasteiger partial charge on any atom is 0.311 e. The second kappa shape index (κ2) is 8.62. The molecule has 0 fully saturated rings. The van der Waals surface area contributed by atoms with E-state index in [0.717, 1.165) is 25.1 Å². The summed E-state index contributed by atoms with van der Waals surface area (Å²) in [5, 5.41) is 6.73. The first-order chi connectivity index (χ1) is 12.7. The third kappa shape index (κ3) is 4.49. The molecular weight excluding hydrogens is 348 g/mol. The lowest BCUT2D eigenvalue weighted by molar-refractivity contribution is -0.142. The van der Waals surface area contributed by atoms with E-state index in [1.54, 1.807) is 13.1 Å². The van der Waals surface area contributed by atoms with E-state index >= 15 is 0 Å². The average Bonchev–Trinajstić information content (AvgIpc) is 3.22. The van der Waals surface area contributed by atoms with Gasteiger partial charge in [0.15, 0.2) is 0 Å². The number of fused-ring (bicyclic) bond motifs is 1. The van der Waals surface area contributed by atoms with E-state index in [4.69, 9.17) is 4.74 Å². The van der Waals surface area contributed by atoms with Gasteiger partial charge in [-0.1, -0.05) is 12.1 Å². The maximum absolute atomic E-state index is 11.5. The number of esters is 1. The lowest BCUT2D eigenvalue weighted by Gasteiger charge is -2.16. The number of aromatic nitrogens is 1. The minimum absolute atomic E-state index is 0.182. The van der Waals surface area contributed by atoms with E-state index in [1.807, 2.05) is 11.5 Å². The molecule has 6 nitrogen and oxygen atoms in total. The Morgan fingerprint density at radius 1 is 1.54 bits per heavy atom. The van der Waals surface area contributed by atoms with Crippen molar-refractivity contribution in [3.63, 3.8) is 0 Å². The summed E-state index contributed by atoms with van der Waals surface area (Å²) >= 11 is 1.41. The molecule has 26 heavy (non-hydrogen) atoms. The van der Waals surface area contributed by atoms with E-state index in [2.05, 4.69) is 45.2 Å². The monoisotopic (exact) mass is 370 g/mol.